The number of hydrogen-bond acceptors (Lipinski definition) is 3. The van der Waals surface area contributed by atoms with E-state index in [1.165, 1.54) is 19.3 Å². The van der Waals surface area contributed by atoms with Crippen molar-refractivity contribution < 1.29 is 4.79 Å². The zero-order valence-electron chi connectivity index (χ0n) is 12.2. The van der Waals surface area contributed by atoms with Gasteiger partial charge in [-0.25, -0.2) is 0 Å². The van der Waals surface area contributed by atoms with Crippen molar-refractivity contribution in [2.24, 2.45) is 5.92 Å². The zero-order valence-corrected chi connectivity index (χ0v) is 12.2. The van der Waals surface area contributed by atoms with Crippen LogP contribution in [0.3, 0.4) is 0 Å². The summed E-state index contributed by atoms with van der Waals surface area (Å²) in [7, 11) is 3.67. The van der Waals surface area contributed by atoms with E-state index >= 15 is 0 Å². The summed E-state index contributed by atoms with van der Waals surface area (Å²) in [5.74, 6) is 1.06. The van der Waals surface area contributed by atoms with Gasteiger partial charge in [0, 0.05) is 14.1 Å². The molecule has 1 rings (SSSR count). The molecule has 1 N–H and O–H groups in total. The maximum atomic E-state index is 11.8. The summed E-state index contributed by atoms with van der Waals surface area (Å²) in [5, 5.41) is 3.40. The summed E-state index contributed by atoms with van der Waals surface area (Å²) in [6.07, 6.45) is 4.94. The molecule has 0 saturated carbocycles. The van der Waals surface area contributed by atoms with Gasteiger partial charge >= 0.3 is 0 Å². The number of piperidine rings is 1. The van der Waals surface area contributed by atoms with E-state index in [0.29, 0.717) is 6.54 Å². The molecule has 1 amide bonds. The van der Waals surface area contributed by atoms with Crippen LogP contribution < -0.4 is 5.32 Å². The fraction of sp³-hybridized carbons (Fsp3) is 0.929. The van der Waals surface area contributed by atoms with E-state index in [1.54, 1.807) is 4.90 Å². The van der Waals surface area contributed by atoms with Gasteiger partial charge in [0.25, 0.3) is 0 Å². The Bertz CT molecular complexity index is 237. The number of likely N-dealkylation sites (N-methyl/N-ethyl adjacent to an activating group) is 1. The van der Waals surface area contributed by atoms with Crippen LogP contribution in [-0.2, 0) is 4.79 Å². The van der Waals surface area contributed by atoms with Crippen LogP contribution in [0.5, 0.6) is 0 Å². The summed E-state index contributed by atoms with van der Waals surface area (Å²) >= 11 is 0. The molecule has 1 fully saturated rings. The molecule has 1 saturated heterocycles. The lowest BCUT2D eigenvalue weighted by Gasteiger charge is -2.27. The number of carbonyl (C=O) groups excluding carboxylic acids is 1. The van der Waals surface area contributed by atoms with Crippen LogP contribution in [0.15, 0.2) is 0 Å². The molecule has 4 nitrogen and oxygen atoms in total. The van der Waals surface area contributed by atoms with Crippen molar-refractivity contribution in [2.45, 2.75) is 32.6 Å². The molecule has 0 aromatic rings. The zero-order chi connectivity index (χ0) is 13.4. The summed E-state index contributed by atoms with van der Waals surface area (Å²) in [5.41, 5.74) is 0. The van der Waals surface area contributed by atoms with Gasteiger partial charge < -0.3 is 10.2 Å². The first-order valence-electron chi connectivity index (χ1n) is 7.26. The SMILES string of the molecule is CCCN(CCC1CCNCC1)CC(=O)N(C)C. The van der Waals surface area contributed by atoms with E-state index in [1.807, 2.05) is 14.1 Å². The average Bonchev–Trinajstić information content (AvgIpc) is 2.37. The summed E-state index contributed by atoms with van der Waals surface area (Å²) in [6.45, 7) is 7.18. The first-order valence-corrected chi connectivity index (χ1v) is 7.26. The lowest BCUT2D eigenvalue weighted by atomic mass is 9.94. The highest BCUT2D eigenvalue weighted by molar-refractivity contribution is 5.77. The Morgan fingerprint density at radius 2 is 1.89 bits per heavy atom. The molecule has 0 unspecified atom stereocenters. The minimum absolute atomic E-state index is 0.216. The van der Waals surface area contributed by atoms with Crippen molar-refractivity contribution in [3.63, 3.8) is 0 Å². The number of nitrogens with one attached hydrogen (secondary N) is 1. The molecule has 0 spiro atoms. The van der Waals surface area contributed by atoms with Gasteiger partial charge in [-0.3, -0.25) is 9.69 Å². The maximum Gasteiger partial charge on any atom is 0.236 e. The van der Waals surface area contributed by atoms with Gasteiger partial charge in [-0.15, -0.1) is 0 Å². The maximum absolute atomic E-state index is 11.8. The predicted octanol–water partition coefficient (Wildman–Crippen LogP) is 1.18. The van der Waals surface area contributed by atoms with E-state index < -0.39 is 0 Å². The molecule has 0 aromatic carbocycles. The Hall–Kier alpha value is -0.610. The first-order chi connectivity index (χ1) is 8.63. The van der Waals surface area contributed by atoms with Crippen molar-refractivity contribution in [1.29, 1.82) is 0 Å². The smallest absolute Gasteiger partial charge is 0.236 e. The van der Waals surface area contributed by atoms with Crippen LogP contribution in [0.4, 0.5) is 0 Å². The Kier molecular flexibility index (Phi) is 7.28. The molecule has 0 radical (unpaired) electrons. The van der Waals surface area contributed by atoms with Crippen molar-refractivity contribution in [2.75, 3.05) is 46.8 Å². The standard InChI is InChI=1S/C14H29N3O/c1-4-10-17(12-14(18)16(2)3)11-7-13-5-8-15-9-6-13/h13,15H,4-12H2,1-3H3. The van der Waals surface area contributed by atoms with Crippen molar-refractivity contribution in [3.8, 4) is 0 Å². The monoisotopic (exact) mass is 255 g/mol. The highest BCUT2D eigenvalue weighted by atomic mass is 16.2. The van der Waals surface area contributed by atoms with Gasteiger partial charge in [0.05, 0.1) is 6.54 Å². The molecule has 18 heavy (non-hydrogen) atoms. The average molecular weight is 255 g/mol. The summed E-state index contributed by atoms with van der Waals surface area (Å²) in [4.78, 5) is 15.8. The second-order valence-corrected chi connectivity index (χ2v) is 5.55. The highest BCUT2D eigenvalue weighted by Gasteiger charge is 2.16. The lowest BCUT2D eigenvalue weighted by molar-refractivity contribution is -0.129. The third-order valence-corrected chi connectivity index (χ3v) is 3.71. The first kappa shape index (κ1) is 15.4. The number of nitrogens with zero attached hydrogens (tertiary/aromatic N) is 2. The van der Waals surface area contributed by atoms with Crippen LogP contribution >= 0.6 is 0 Å². The minimum Gasteiger partial charge on any atom is -0.348 e. The number of hydrogen-bond donors (Lipinski definition) is 1. The van der Waals surface area contributed by atoms with Crippen molar-refractivity contribution in [1.82, 2.24) is 15.1 Å². The van der Waals surface area contributed by atoms with Gasteiger partial charge in [0.1, 0.15) is 0 Å². The van der Waals surface area contributed by atoms with E-state index in [-0.39, 0.29) is 5.91 Å². The van der Waals surface area contributed by atoms with Crippen molar-refractivity contribution in [3.05, 3.63) is 0 Å². The Morgan fingerprint density at radius 1 is 1.22 bits per heavy atom. The van der Waals surface area contributed by atoms with Crippen LogP contribution in [0.25, 0.3) is 0 Å². The van der Waals surface area contributed by atoms with Crippen LogP contribution in [0, 0.1) is 5.92 Å². The molecule has 4 heteroatoms. The summed E-state index contributed by atoms with van der Waals surface area (Å²) in [6, 6.07) is 0. The molecular weight excluding hydrogens is 226 g/mol. The molecule has 0 atom stereocenters. The van der Waals surface area contributed by atoms with Gasteiger partial charge in [-0.2, -0.15) is 0 Å². The molecule has 0 bridgehead atoms. The molecule has 1 aliphatic heterocycles. The van der Waals surface area contributed by atoms with E-state index in [2.05, 4.69) is 17.1 Å². The predicted molar refractivity (Wildman–Crippen MR) is 75.6 cm³/mol. The number of rotatable bonds is 7. The third-order valence-electron chi connectivity index (χ3n) is 3.71. The fourth-order valence-corrected chi connectivity index (χ4v) is 2.45. The number of amides is 1. The minimum atomic E-state index is 0.216. The lowest BCUT2D eigenvalue weighted by Crippen LogP contribution is -2.38. The molecule has 1 aliphatic rings. The van der Waals surface area contributed by atoms with Gasteiger partial charge in [0.15, 0.2) is 0 Å². The van der Waals surface area contributed by atoms with Gasteiger partial charge in [-0.1, -0.05) is 6.92 Å². The largest absolute Gasteiger partial charge is 0.348 e. The highest BCUT2D eigenvalue weighted by Crippen LogP contribution is 2.16. The topological polar surface area (TPSA) is 35.6 Å². The molecule has 0 aromatic heterocycles. The summed E-state index contributed by atoms with van der Waals surface area (Å²) < 4.78 is 0. The Morgan fingerprint density at radius 3 is 2.44 bits per heavy atom. The third kappa shape index (κ3) is 5.83. The Labute approximate surface area is 112 Å². The van der Waals surface area contributed by atoms with Crippen LogP contribution in [0.2, 0.25) is 0 Å². The van der Waals surface area contributed by atoms with E-state index in [0.717, 1.165) is 38.5 Å². The molecule has 106 valence electrons. The fourth-order valence-electron chi connectivity index (χ4n) is 2.45. The van der Waals surface area contributed by atoms with E-state index in [9.17, 15) is 4.79 Å². The molecule has 1 heterocycles. The van der Waals surface area contributed by atoms with E-state index in [4.69, 9.17) is 0 Å². The second-order valence-electron chi connectivity index (χ2n) is 5.55. The Balaban J connectivity index is 2.29. The van der Waals surface area contributed by atoms with Crippen LogP contribution in [0.1, 0.15) is 32.6 Å². The normalized spacial score (nSPS) is 17.1. The molecular formula is C14H29N3O. The van der Waals surface area contributed by atoms with Crippen molar-refractivity contribution >= 4 is 5.91 Å². The molecule has 0 aliphatic carbocycles. The van der Waals surface area contributed by atoms with Gasteiger partial charge in [0.2, 0.25) is 5.91 Å². The van der Waals surface area contributed by atoms with Crippen LogP contribution in [-0.4, -0.2) is 62.5 Å². The second kappa shape index (κ2) is 8.48. The van der Waals surface area contributed by atoms with Gasteiger partial charge in [-0.05, 0) is 57.8 Å². The number of carbonyl (C=O) groups is 1. The quantitative estimate of drug-likeness (QED) is 0.742.